The smallest absolute Gasteiger partial charge is 0.125 e. The number of pyridine rings is 3. The third kappa shape index (κ3) is 42.0. The summed E-state index contributed by atoms with van der Waals surface area (Å²) >= 11 is 0. The fourth-order valence-corrected chi connectivity index (χ4v) is 5.02. The molecular formula is C65H83N19. The van der Waals surface area contributed by atoms with Crippen molar-refractivity contribution in [3.05, 3.63) is 281 Å². The molecule has 84 heavy (non-hydrogen) atoms. The lowest BCUT2D eigenvalue weighted by Crippen LogP contribution is -1.92. The SMILES string of the molecule is Cc1ccc(C)nc1.Cc1ccc(C)nn1.Cc1cccnc1.Cc1ccncc1.Cc1cnc(C)cn1.Cc1cnc(C)nc1.Cc1cnc(C)nc1.Cc1cnccn1.Cc1cncnc1.Cc1ncc(C)c(C)n1.Cc1ncccn1. The van der Waals surface area contributed by atoms with Crippen LogP contribution >= 0.6 is 0 Å². The summed E-state index contributed by atoms with van der Waals surface area (Å²) in [6.07, 6.45) is 35.2. The molecule has 0 N–H and O–H groups in total. The predicted molar refractivity (Wildman–Crippen MR) is 334 cm³/mol. The second-order valence-electron chi connectivity index (χ2n) is 18.5. The predicted octanol–water partition coefficient (Wildman–Crippen LogP) is 12.6. The minimum absolute atomic E-state index is 0.822. The molecule has 11 heterocycles. The van der Waals surface area contributed by atoms with Gasteiger partial charge in [-0.3, -0.25) is 34.9 Å². The molecule has 0 radical (unpaired) electrons. The van der Waals surface area contributed by atoms with Gasteiger partial charge in [-0.1, -0.05) is 12.1 Å². The number of aromatic nitrogens is 19. The summed E-state index contributed by atoms with van der Waals surface area (Å²) in [5.41, 5.74) is 15.1. The van der Waals surface area contributed by atoms with E-state index in [9.17, 15) is 0 Å². The first-order chi connectivity index (χ1) is 40.1. The van der Waals surface area contributed by atoms with Gasteiger partial charge in [0.15, 0.2) is 0 Å². The van der Waals surface area contributed by atoms with Gasteiger partial charge >= 0.3 is 0 Å². The van der Waals surface area contributed by atoms with Gasteiger partial charge in [-0.2, -0.15) is 10.2 Å². The van der Waals surface area contributed by atoms with Crippen LogP contribution in [0.25, 0.3) is 0 Å². The van der Waals surface area contributed by atoms with Crippen LogP contribution in [0.4, 0.5) is 0 Å². The summed E-state index contributed by atoms with van der Waals surface area (Å²) < 4.78 is 0. The fraction of sp³-hybridized carbons (Fsp3) is 0.277. The summed E-state index contributed by atoms with van der Waals surface area (Å²) in [6, 6.07) is 17.7. The third-order valence-electron chi connectivity index (χ3n) is 9.80. The number of aryl methyl sites for hydroxylation is 18. The van der Waals surface area contributed by atoms with Crippen LogP contribution in [0, 0.1) is 125 Å². The molecule has 0 unspecified atom stereocenters. The van der Waals surface area contributed by atoms with E-state index in [2.05, 4.69) is 101 Å². The molecular weight excluding hydrogens is 1050 g/mol. The lowest BCUT2D eigenvalue weighted by atomic mass is 10.3. The van der Waals surface area contributed by atoms with Crippen LogP contribution in [-0.4, -0.2) is 94.9 Å². The van der Waals surface area contributed by atoms with E-state index in [0.29, 0.717) is 0 Å². The van der Waals surface area contributed by atoms with E-state index < -0.39 is 0 Å². The first-order valence-electron chi connectivity index (χ1n) is 26.7. The topological polar surface area (TPSA) is 245 Å². The Morgan fingerprint density at radius 2 is 0.655 bits per heavy atom. The van der Waals surface area contributed by atoms with E-state index in [0.717, 1.165) is 85.4 Å². The number of nitrogens with zero attached hydrogens (tertiary/aromatic N) is 19. The number of hydrogen-bond donors (Lipinski definition) is 0. The average molecular weight is 1130 g/mol. The Labute approximate surface area is 498 Å². The highest BCUT2D eigenvalue weighted by Gasteiger charge is 1.92. The summed E-state index contributed by atoms with van der Waals surface area (Å²) in [5, 5.41) is 7.66. The Morgan fingerprint density at radius 3 is 0.940 bits per heavy atom. The third-order valence-corrected chi connectivity index (χ3v) is 9.80. The van der Waals surface area contributed by atoms with Crippen molar-refractivity contribution in [2.45, 2.75) is 125 Å². The largest absolute Gasteiger partial charge is 0.265 e. The van der Waals surface area contributed by atoms with E-state index in [4.69, 9.17) is 0 Å². The van der Waals surface area contributed by atoms with E-state index in [1.807, 2.05) is 210 Å². The Balaban J connectivity index is 0.000000462. The minimum Gasteiger partial charge on any atom is -0.265 e. The first kappa shape index (κ1) is 72.1. The minimum atomic E-state index is 0.822. The van der Waals surface area contributed by atoms with Gasteiger partial charge in [0.25, 0.3) is 0 Å². The normalized spacial score (nSPS) is 9.07. The van der Waals surface area contributed by atoms with E-state index in [1.165, 1.54) is 23.0 Å². The lowest BCUT2D eigenvalue weighted by Gasteiger charge is -1.96. The Morgan fingerprint density at radius 1 is 0.226 bits per heavy atom. The zero-order valence-electron chi connectivity index (χ0n) is 52.2. The second kappa shape index (κ2) is 44.8. The van der Waals surface area contributed by atoms with Crippen molar-refractivity contribution in [3.8, 4) is 0 Å². The Bertz CT molecular complexity index is 2720. The molecule has 0 fully saturated rings. The zero-order chi connectivity index (χ0) is 62.3. The van der Waals surface area contributed by atoms with Gasteiger partial charge in [0.05, 0.1) is 28.5 Å². The highest BCUT2D eigenvalue weighted by Crippen LogP contribution is 2.00. The van der Waals surface area contributed by atoms with Crippen molar-refractivity contribution in [2.24, 2.45) is 0 Å². The van der Waals surface area contributed by atoms with Gasteiger partial charge < -0.3 is 0 Å². The van der Waals surface area contributed by atoms with Gasteiger partial charge in [0.2, 0.25) is 0 Å². The van der Waals surface area contributed by atoms with Crippen molar-refractivity contribution in [1.82, 2.24) is 94.9 Å². The molecule has 0 aromatic carbocycles. The fourth-order valence-electron chi connectivity index (χ4n) is 5.02. The molecule has 0 amide bonds. The van der Waals surface area contributed by atoms with Crippen molar-refractivity contribution >= 4 is 0 Å². The maximum absolute atomic E-state index is 4.16. The number of rotatable bonds is 0. The second-order valence-corrected chi connectivity index (χ2v) is 18.5. The first-order valence-corrected chi connectivity index (χ1v) is 26.7. The van der Waals surface area contributed by atoms with E-state index in [-0.39, 0.29) is 0 Å². The Hall–Kier alpha value is -9.91. The van der Waals surface area contributed by atoms with Gasteiger partial charge in [-0.15, -0.1) is 0 Å². The van der Waals surface area contributed by atoms with Gasteiger partial charge in [-0.05, 0) is 206 Å². The number of hydrogen-bond acceptors (Lipinski definition) is 19. The van der Waals surface area contributed by atoms with Crippen LogP contribution in [0.2, 0.25) is 0 Å². The molecule has 11 aromatic rings. The molecule has 0 aliphatic heterocycles. The summed E-state index contributed by atoms with van der Waals surface area (Å²) in [6.45, 7) is 35.1. The van der Waals surface area contributed by atoms with E-state index in [1.54, 1.807) is 80.4 Å². The van der Waals surface area contributed by atoms with Crippen LogP contribution in [0.15, 0.2) is 179 Å². The maximum Gasteiger partial charge on any atom is 0.125 e. The molecule has 19 nitrogen and oxygen atoms in total. The highest BCUT2D eigenvalue weighted by atomic mass is 15.1. The molecule has 438 valence electrons. The van der Waals surface area contributed by atoms with Crippen LogP contribution in [0.3, 0.4) is 0 Å². The van der Waals surface area contributed by atoms with Crippen molar-refractivity contribution < 1.29 is 0 Å². The molecule has 11 aromatic heterocycles. The van der Waals surface area contributed by atoms with Crippen LogP contribution in [0.1, 0.15) is 102 Å². The standard InChI is InChI=1S/C7H10N2.C7H9N.4C6H8N2.2C6H7N.3C5H6N2/c1-5-4-8-7(3)9-6(5)2;1-6-3-4-7(2)8-5-6;1-5-3-8-6(2)4-7-5;2*1-5-3-7-6(2)8-4-5;1-5-3-4-6(2)8-7-5;1-6-2-4-7-5-3-6;1-6-3-2-4-7-5-6;1-5-2-6-4-7-3-5;1-5-4-6-2-3-7-5;1-5-6-3-2-4-7-5/h4H,1-3H3;3-5H,1-2H3;4*3-4H,1-2H3;2*2-5H,1H3;3*2-4H,1H3. The average Bonchev–Trinajstić information content (AvgIpc) is 3.50. The lowest BCUT2D eigenvalue weighted by molar-refractivity contribution is 0.941. The van der Waals surface area contributed by atoms with Crippen LogP contribution < -0.4 is 0 Å². The van der Waals surface area contributed by atoms with Crippen LogP contribution in [0.5, 0.6) is 0 Å². The highest BCUT2D eigenvalue weighted by molar-refractivity contribution is 5.13. The summed E-state index contributed by atoms with van der Waals surface area (Å²) in [7, 11) is 0. The molecule has 0 saturated carbocycles. The summed E-state index contributed by atoms with van der Waals surface area (Å²) in [5.74, 6) is 3.33. The van der Waals surface area contributed by atoms with Crippen molar-refractivity contribution in [2.75, 3.05) is 0 Å². The molecule has 0 bridgehead atoms. The molecule has 0 saturated heterocycles. The zero-order valence-corrected chi connectivity index (χ0v) is 52.2. The van der Waals surface area contributed by atoms with Gasteiger partial charge in [-0.25, -0.2) is 49.8 Å². The molecule has 0 aliphatic carbocycles. The van der Waals surface area contributed by atoms with Gasteiger partial charge in [0, 0.05) is 129 Å². The van der Waals surface area contributed by atoms with Crippen LogP contribution in [-0.2, 0) is 0 Å². The maximum atomic E-state index is 4.16. The molecule has 0 atom stereocenters. The van der Waals surface area contributed by atoms with Crippen molar-refractivity contribution in [1.29, 1.82) is 0 Å². The molecule has 0 aliphatic rings. The molecule has 0 spiro atoms. The molecule has 19 heteroatoms. The van der Waals surface area contributed by atoms with Gasteiger partial charge in [0.1, 0.15) is 29.6 Å². The summed E-state index contributed by atoms with van der Waals surface area (Å²) in [4.78, 5) is 66.9. The Kier molecular flexibility index (Phi) is 38.4. The monoisotopic (exact) mass is 1130 g/mol. The van der Waals surface area contributed by atoms with Crippen molar-refractivity contribution in [3.63, 3.8) is 0 Å². The van der Waals surface area contributed by atoms with E-state index >= 15 is 0 Å². The quantitative estimate of drug-likeness (QED) is 0.137. The molecule has 11 rings (SSSR count).